The minimum atomic E-state index is -0.874. The van der Waals surface area contributed by atoms with Crippen LogP contribution >= 0.6 is 0 Å². The molecule has 0 fully saturated rings. The van der Waals surface area contributed by atoms with Crippen LogP contribution in [0.2, 0.25) is 0 Å². The Morgan fingerprint density at radius 2 is 2.07 bits per heavy atom. The summed E-state index contributed by atoms with van der Waals surface area (Å²) in [5, 5.41) is 19.7. The Balaban J connectivity index is 3.69. The molecule has 0 aromatic carbocycles. The molecule has 0 saturated carbocycles. The minimum absolute atomic E-state index is 0.0412. The minimum Gasteiger partial charge on any atom is -0.481 e. The Bertz CT molecular complexity index is 220. The first-order chi connectivity index (χ1) is 6.99. The Morgan fingerprint density at radius 1 is 1.47 bits per heavy atom. The van der Waals surface area contributed by atoms with Gasteiger partial charge in [-0.1, -0.05) is 0 Å². The SMILES string of the molecule is CC(CO)N(C)C(=O)NCCCC(=O)O. The highest BCUT2D eigenvalue weighted by molar-refractivity contribution is 5.74. The van der Waals surface area contributed by atoms with Crippen molar-refractivity contribution in [2.45, 2.75) is 25.8 Å². The van der Waals surface area contributed by atoms with Crippen molar-refractivity contribution >= 4 is 12.0 Å². The van der Waals surface area contributed by atoms with Gasteiger partial charge in [-0.25, -0.2) is 4.79 Å². The van der Waals surface area contributed by atoms with Gasteiger partial charge in [0.25, 0.3) is 0 Å². The molecule has 2 amide bonds. The molecule has 1 atom stereocenters. The van der Waals surface area contributed by atoms with Crippen molar-refractivity contribution in [3.63, 3.8) is 0 Å². The molecule has 0 aliphatic carbocycles. The van der Waals surface area contributed by atoms with Crippen LogP contribution in [0.4, 0.5) is 4.79 Å². The van der Waals surface area contributed by atoms with Gasteiger partial charge < -0.3 is 20.4 Å². The van der Waals surface area contributed by atoms with Gasteiger partial charge in [0.1, 0.15) is 0 Å². The smallest absolute Gasteiger partial charge is 0.317 e. The van der Waals surface area contributed by atoms with E-state index in [-0.39, 0.29) is 25.1 Å². The molecular formula is C9H18N2O4. The summed E-state index contributed by atoms with van der Waals surface area (Å²) < 4.78 is 0. The van der Waals surface area contributed by atoms with Gasteiger partial charge in [-0.05, 0) is 13.3 Å². The molecule has 0 spiro atoms. The second-order valence-corrected chi connectivity index (χ2v) is 3.37. The summed E-state index contributed by atoms with van der Waals surface area (Å²) in [4.78, 5) is 22.9. The molecular weight excluding hydrogens is 200 g/mol. The van der Waals surface area contributed by atoms with E-state index in [0.29, 0.717) is 13.0 Å². The Hall–Kier alpha value is -1.30. The molecule has 0 aromatic heterocycles. The number of rotatable bonds is 6. The van der Waals surface area contributed by atoms with Gasteiger partial charge in [0.05, 0.1) is 12.6 Å². The van der Waals surface area contributed by atoms with Crippen LogP contribution in [0.3, 0.4) is 0 Å². The number of nitrogens with one attached hydrogen (secondary N) is 1. The second-order valence-electron chi connectivity index (χ2n) is 3.37. The molecule has 6 nitrogen and oxygen atoms in total. The van der Waals surface area contributed by atoms with E-state index in [4.69, 9.17) is 10.2 Å². The monoisotopic (exact) mass is 218 g/mol. The fourth-order valence-corrected chi connectivity index (χ4v) is 0.882. The lowest BCUT2D eigenvalue weighted by Crippen LogP contribution is -2.44. The van der Waals surface area contributed by atoms with E-state index in [1.807, 2.05) is 0 Å². The summed E-state index contributed by atoms with van der Waals surface area (Å²) in [5.74, 6) is -0.874. The fourth-order valence-electron chi connectivity index (χ4n) is 0.882. The number of hydrogen-bond donors (Lipinski definition) is 3. The summed E-state index contributed by atoms with van der Waals surface area (Å²) in [5.41, 5.74) is 0. The number of carboxylic acid groups (broad SMARTS) is 1. The quantitative estimate of drug-likeness (QED) is 0.542. The highest BCUT2D eigenvalue weighted by Crippen LogP contribution is 1.95. The first-order valence-electron chi connectivity index (χ1n) is 4.82. The molecule has 0 aromatic rings. The molecule has 0 saturated heterocycles. The van der Waals surface area contributed by atoms with E-state index in [1.165, 1.54) is 4.90 Å². The summed E-state index contributed by atoms with van der Waals surface area (Å²) in [6, 6.07) is -0.550. The zero-order valence-corrected chi connectivity index (χ0v) is 9.06. The number of carboxylic acids is 1. The average molecular weight is 218 g/mol. The molecule has 1 unspecified atom stereocenters. The summed E-state index contributed by atoms with van der Waals surface area (Å²) >= 11 is 0. The van der Waals surface area contributed by atoms with Gasteiger partial charge in [0.2, 0.25) is 0 Å². The molecule has 0 aliphatic heterocycles. The Morgan fingerprint density at radius 3 is 2.53 bits per heavy atom. The standard InChI is InChI=1S/C9H18N2O4/c1-7(6-12)11(2)9(15)10-5-3-4-8(13)14/h7,12H,3-6H2,1-2H3,(H,10,15)(H,13,14). The second kappa shape index (κ2) is 7.05. The van der Waals surface area contributed by atoms with Crippen LogP contribution in [0, 0.1) is 0 Å². The molecule has 0 aliphatic rings. The van der Waals surface area contributed by atoms with Crippen LogP contribution in [-0.2, 0) is 4.79 Å². The lowest BCUT2D eigenvalue weighted by molar-refractivity contribution is -0.137. The van der Waals surface area contributed by atoms with Crippen LogP contribution in [0.25, 0.3) is 0 Å². The summed E-state index contributed by atoms with van der Waals surface area (Å²) in [7, 11) is 1.58. The van der Waals surface area contributed by atoms with Crippen molar-refractivity contribution in [1.29, 1.82) is 0 Å². The number of carbonyl (C=O) groups excluding carboxylic acids is 1. The normalized spacial score (nSPS) is 11.9. The van der Waals surface area contributed by atoms with Crippen molar-refractivity contribution in [3.05, 3.63) is 0 Å². The number of aliphatic hydroxyl groups excluding tert-OH is 1. The largest absolute Gasteiger partial charge is 0.481 e. The topological polar surface area (TPSA) is 89.9 Å². The Kier molecular flexibility index (Phi) is 6.44. The number of likely N-dealkylation sites (N-methyl/N-ethyl adjacent to an activating group) is 1. The lowest BCUT2D eigenvalue weighted by Gasteiger charge is -2.23. The average Bonchev–Trinajstić information content (AvgIpc) is 2.21. The van der Waals surface area contributed by atoms with E-state index in [2.05, 4.69) is 5.32 Å². The van der Waals surface area contributed by atoms with E-state index < -0.39 is 5.97 Å². The van der Waals surface area contributed by atoms with Crippen molar-refractivity contribution in [2.24, 2.45) is 0 Å². The number of aliphatic hydroxyl groups is 1. The number of aliphatic carboxylic acids is 1. The third-order valence-corrected chi connectivity index (χ3v) is 2.09. The number of nitrogens with zero attached hydrogens (tertiary/aromatic N) is 1. The van der Waals surface area contributed by atoms with E-state index in [1.54, 1.807) is 14.0 Å². The number of hydrogen-bond acceptors (Lipinski definition) is 3. The highest BCUT2D eigenvalue weighted by Gasteiger charge is 2.13. The number of urea groups is 1. The molecule has 0 heterocycles. The van der Waals surface area contributed by atoms with E-state index >= 15 is 0 Å². The maximum absolute atomic E-state index is 11.3. The predicted molar refractivity (Wildman–Crippen MR) is 54.6 cm³/mol. The van der Waals surface area contributed by atoms with E-state index in [9.17, 15) is 9.59 Å². The van der Waals surface area contributed by atoms with Gasteiger partial charge in [-0.15, -0.1) is 0 Å². The van der Waals surface area contributed by atoms with Crippen LogP contribution in [0.15, 0.2) is 0 Å². The van der Waals surface area contributed by atoms with Crippen LogP contribution in [0.5, 0.6) is 0 Å². The number of amides is 2. The molecule has 0 rings (SSSR count). The molecule has 15 heavy (non-hydrogen) atoms. The highest BCUT2D eigenvalue weighted by atomic mass is 16.4. The van der Waals surface area contributed by atoms with Crippen molar-refractivity contribution in [3.8, 4) is 0 Å². The first kappa shape index (κ1) is 13.7. The third-order valence-electron chi connectivity index (χ3n) is 2.09. The van der Waals surface area contributed by atoms with Gasteiger partial charge in [-0.3, -0.25) is 4.79 Å². The summed E-state index contributed by atoms with van der Waals surface area (Å²) in [6.07, 6.45) is 0.446. The fraction of sp³-hybridized carbons (Fsp3) is 0.778. The predicted octanol–water partition coefficient (Wildman–Crippen LogP) is -0.127. The first-order valence-corrected chi connectivity index (χ1v) is 4.82. The molecule has 0 bridgehead atoms. The van der Waals surface area contributed by atoms with Gasteiger partial charge in [0.15, 0.2) is 0 Å². The maximum Gasteiger partial charge on any atom is 0.317 e. The molecule has 3 N–H and O–H groups in total. The lowest BCUT2D eigenvalue weighted by atomic mass is 10.3. The summed E-state index contributed by atoms with van der Waals surface area (Å²) in [6.45, 7) is 1.95. The van der Waals surface area contributed by atoms with Crippen LogP contribution in [-0.4, -0.2) is 53.4 Å². The molecule has 88 valence electrons. The Labute approximate surface area is 88.9 Å². The van der Waals surface area contributed by atoms with E-state index in [0.717, 1.165) is 0 Å². The number of carbonyl (C=O) groups is 2. The van der Waals surface area contributed by atoms with Crippen molar-refractivity contribution in [1.82, 2.24) is 10.2 Å². The van der Waals surface area contributed by atoms with Crippen molar-refractivity contribution < 1.29 is 19.8 Å². The zero-order valence-electron chi connectivity index (χ0n) is 9.06. The van der Waals surface area contributed by atoms with Gasteiger partial charge >= 0.3 is 12.0 Å². The molecule has 6 heteroatoms. The van der Waals surface area contributed by atoms with Gasteiger partial charge in [0, 0.05) is 20.0 Å². The molecule has 0 radical (unpaired) electrons. The van der Waals surface area contributed by atoms with Crippen molar-refractivity contribution in [2.75, 3.05) is 20.2 Å². The maximum atomic E-state index is 11.3. The van der Waals surface area contributed by atoms with Gasteiger partial charge in [-0.2, -0.15) is 0 Å². The van der Waals surface area contributed by atoms with Crippen LogP contribution < -0.4 is 5.32 Å². The van der Waals surface area contributed by atoms with Crippen LogP contribution in [0.1, 0.15) is 19.8 Å². The zero-order chi connectivity index (χ0) is 11.8. The third kappa shape index (κ3) is 5.90.